The summed E-state index contributed by atoms with van der Waals surface area (Å²) in [7, 11) is 0. The van der Waals surface area contributed by atoms with Crippen LogP contribution in [-0.2, 0) is 22.4 Å². The third-order valence-corrected chi connectivity index (χ3v) is 0. The van der Waals surface area contributed by atoms with Crippen LogP contribution in [0.2, 0.25) is 0 Å². The molecule has 0 aliphatic heterocycles. The molecule has 0 aromatic rings. The van der Waals surface area contributed by atoms with E-state index in [9.17, 15) is 0 Å². The maximum atomic E-state index is 0. The van der Waals surface area contributed by atoms with Crippen molar-refractivity contribution in [3.05, 3.63) is 0 Å². The Bertz CT molecular complexity index is 3.25. The Balaban J connectivity index is 0. The van der Waals surface area contributed by atoms with Crippen LogP contribution in [0.3, 0.4) is 0 Å². The molecule has 0 amide bonds. The van der Waals surface area contributed by atoms with E-state index in [0.717, 1.165) is 0 Å². The minimum absolute atomic E-state index is 0. The van der Waals surface area contributed by atoms with Gasteiger partial charge in [-0.1, -0.05) is 0 Å². The third-order valence-electron chi connectivity index (χ3n) is 0. The molecule has 0 unspecified atom stereocenters. The van der Waals surface area contributed by atoms with Gasteiger partial charge in [0.1, 0.15) is 0 Å². The van der Waals surface area contributed by atoms with Crippen LogP contribution in [0.25, 0.3) is 0 Å². The predicted molar refractivity (Wildman–Crippen MR) is 34.0 cm³/mol. The summed E-state index contributed by atoms with van der Waals surface area (Å²) in [6, 6.07) is 0. The molecule has 0 aromatic heterocycles. The van der Waals surface area contributed by atoms with Crippen LogP contribution in [-0.4, -0.2) is 52.8 Å². The average molecular weight is 427 g/mol. The molecule has 0 heterocycles. The maximum absolute atomic E-state index is 0. The topological polar surface area (TPSA) is 0 Å². The first-order valence-electron chi connectivity index (χ1n) is 0. The second-order valence-corrected chi connectivity index (χ2v) is 0. The van der Waals surface area contributed by atoms with E-state index in [2.05, 4.69) is 0 Å². The zero-order chi connectivity index (χ0) is 0. The van der Waals surface area contributed by atoms with Gasteiger partial charge in [0.25, 0.3) is 0 Å². The van der Waals surface area contributed by atoms with Gasteiger partial charge < -0.3 is 0 Å². The number of rotatable bonds is 0. The summed E-state index contributed by atoms with van der Waals surface area (Å²) < 4.78 is 0. The monoisotopic (exact) mass is 431 g/mol. The van der Waals surface area contributed by atoms with Crippen LogP contribution in [0.4, 0.5) is 0 Å². The van der Waals surface area contributed by atoms with Crippen molar-refractivity contribution < 1.29 is 22.4 Å². The molecule has 0 aliphatic rings. The van der Waals surface area contributed by atoms with Crippen molar-refractivity contribution in [1.29, 1.82) is 0 Å². The van der Waals surface area contributed by atoms with Gasteiger partial charge in [-0.15, -0.1) is 0 Å². The van der Waals surface area contributed by atoms with Gasteiger partial charge in [-0.3, -0.25) is 0 Å². The summed E-state index contributed by atoms with van der Waals surface area (Å²) in [5.41, 5.74) is 0. The molecular formula is H12AuGe3. The summed E-state index contributed by atoms with van der Waals surface area (Å²) in [4.78, 5) is 0. The molecule has 0 nitrogen and oxygen atoms in total. The molecule has 1 radical (unpaired) electrons. The number of hydrogen-bond donors (Lipinski definition) is 0. The molecule has 0 bridgehead atoms. The van der Waals surface area contributed by atoms with Crippen LogP contribution in [0.15, 0.2) is 0 Å². The Morgan fingerprint density at radius 1 is 0.500 bits per heavy atom. The molecule has 0 aromatic carbocycles. The van der Waals surface area contributed by atoms with Gasteiger partial charge in [-0.25, -0.2) is 0 Å². The van der Waals surface area contributed by atoms with Crippen molar-refractivity contribution in [2.45, 2.75) is 0 Å². The molecule has 0 spiro atoms. The molecular weight excluding hydrogens is 415 g/mol. The fraction of sp³-hybridized carbons (Fsp3) is 0. The van der Waals surface area contributed by atoms with Crippen LogP contribution < -0.4 is 0 Å². The van der Waals surface area contributed by atoms with Crippen LogP contribution in [0, 0.1) is 0 Å². The molecule has 0 saturated heterocycles. The van der Waals surface area contributed by atoms with Crippen molar-refractivity contribution in [1.82, 2.24) is 0 Å². The van der Waals surface area contributed by atoms with E-state index in [1.165, 1.54) is 0 Å². The van der Waals surface area contributed by atoms with E-state index in [1.54, 1.807) is 0 Å². The molecule has 0 saturated carbocycles. The van der Waals surface area contributed by atoms with Crippen LogP contribution in [0.1, 0.15) is 0 Å². The third kappa shape index (κ3) is 8.84. The SMILES string of the molecule is [Au].[GeH4].[GeH4].[GeH4]. The van der Waals surface area contributed by atoms with Crippen molar-refractivity contribution in [2.75, 3.05) is 0 Å². The molecule has 0 fully saturated rings. The molecule has 0 N–H and O–H groups in total. The van der Waals surface area contributed by atoms with Crippen LogP contribution >= 0.6 is 0 Å². The first-order valence-corrected chi connectivity index (χ1v) is 0. The van der Waals surface area contributed by atoms with E-state index in [1.807, 2.05) is 0 Å². The molecule has 0 rings (SSSR count). The molecule has 4 heteroatoms. The van der Waals surface area contributed by atoms with Crippen LogP contribution in [0.5, 0.6) is 0 Å². The van der Waals surface area contributed by atoms with Gasteiger partial charge in [0.05, 0.1) is 0 Å². The average Bonchev–Trinajstić information content (AvgIpc) is 0. The van der Waals surface area contributed by atoms with Crippen molar-refractivity contribution in [3.63, 3.8) is 0 Å². The summed E-state index contributed by atoms with van der Waals surface area (Å²) in [5.74, 6) is 0. The number of hydrogen-bond acceptors (Lipinski definition) is 0. The molecule has 0 atom stereocenters. The van der Waals surface area contributed by atoms with Gasteiger partial charge >= 0.3 is 52.8 Å². The Hall–Kier alpha value is 2.37. The fourth-order valence-corrected chi connectivity index (χ4v) is 0. The Morgan fingerprint density at radius 3 is 0.500 bits per heavy atom. The van der Waals surface area contributed by atoms with Crippen molar-refractivity contribution in [3.8, 4) is 0 Å². The van der Waals surface area contributed by atoms with Gasteiger partial charge in [0.2, 0.25) is 0 Å². The van der Waals surface area contributed by atoms with Crippen molar-refractivity contribution >= 4 is 52.8 Å². The molecule has 0 aliphatic carbocycles. The van der Waals surface area contributed by atoms with E-state index in [0.29, 0.717) is 0 Å². The minimum atomic E-state index is 0. The van der Waals surface area contributed by atoms with Gasteiger partial charge in [0.15, 0.2) is 0 Å². The van der Waals surface area contributed by atoms with Gasteiger partial charge in [-0.2, -0.15) is 0 Å². The van der Waals surface area contributed by atoms with E-state index >= 15 is 0 Å². The fourth-order valence-electron chi connectivity index (χ4n) is 0. The van der Waals surface area contributed by atoms with Gasteiger partial charge in [-0.05, 0) is 0 Å². The second-order valence-electron chi connectivity index (χ2n) is 0. The molecule has 4 heavy (non-hydrogen) atoms. The summed E-state index contributed by atoms with van der Waals surface area (Å²) in [6.07, 6.45) is 0. The first kappa shape index (κ1) is 32.7. The summed E-state index contributed by atoms with van der Waals surface area (Å²) >= 11 is 0. The second kappa shape index (κ2) is 18.3. The summed E-state index contributed by atoms with van der Waals surface area (Å²) in [6.45, 7) is 0. The zero-order valence-corrected chi connectivity index (χ0v) is 2.47. The van der Waals surface area contributed by atoms with E-state index in [4.69, 9.17) is 0 Å². The normalized spacial score (nSPS) is 0. The van der Waals surface area contributed by atoms with Gasteiger partial charge in [0, 0.05) is 22.4 Å². The Labute approximate surface area is 74.3 Å². The standard InChI is InChI=1S/Au.3GeH4/h;3*1H4. The quantitative estimate of drug-likeness (QED) is 0.344. The first-order chi connectivity index (χ1) is 0. The zero-order valence-electron chi connectivity index (χ0n) is 0.302. The Kier molecular flexibility index (Phi) is 149. The van der Waals surface area contributed by atoms with E-state index < -0.39 is 0 Å². The van der Waals surface area contributed by atoms with E-state index in [-0.39, 0.29) is 75.2 Å². The van der Waals surface area contributed by atoms with Crippen molar-refractivity contribution in [2.24, 2.45) is 0 Å². The summed E-state index contributed by atoms with van der Waals surface area (Å²) in [5, 5.41) is 0. The predicted octanol–water partition coefficient (Wildman–Crippen LogP) is -4.36. The molecule has 35 valence electrons. The Morgan fingerprint density at radius 2 is 0.500 bits per heavy atom.